The molecule has 0 bridgehead atoms. The minimum Gasteiger partial charge on any atom is -0.493 e. The van der Waals surface area contributed by atoms with Gasteiger partial charge >= 0.3 is 0 Å². The smallest absolute Gasteiger partial charge is 0.174 e. The monoisotopic (exact) mass is 527 g/mol. The van der Waals surface area contributed by atoms with E-state index < -0.39 is 0 Å². The van der Waals surface area contributed by atoms with Crippen LogP contribution >= 0.6 is 45.8 Å². The molecular formula is C22H20Cl2INO2. The molecule has 0 heterocycles. The Bertz CT molecular complexity index is 979. The van der Waals surface area contributed by atoms with Gasteiger partial charge in [-0.1, -0.05) is 41.4 Å². The Morgan fingerprint density at radius 2 is 1.82 bits per heavy atom. The molecule has 0 radical (unpaired) electrons. The standard InChI is InChI=1S/C22H20Cl2INO2/c1-14-6-7-18(11-19(14)24)26-12-16-9-20(25)22(21(10-16)27-2)28-13-15-4-3-5-17(23)8-15/h3-11,26H,12-13H2,1-2H3. The first-order chi connectivity index (χ1) is 13.5. The predicted octanol–water partition coefficient (Wildman–Crippen LogP) is 7.11. The summed E-state index contributed by atoms with van der Waals surface area (Å²) in [6, 6.07) is 17.7. The molecule has 6 heteroatoms. The summed E-state index contributed by atoms with van der Waals surface area (Å²) in [5.41, 5.74) is 4.14. The van der Waals surface area contributed by atoms with Crippen LogP contribution < -0.4 is 14.8 Å². The van der Waals surface area contributed by atoms with Gasteiger partial charge in [0.05, 0.1) is 10.7 Å². The number of rotatable bonds is 7. The largest absolute Gasteiger partial charge is 0.493 e. The predicted molar refractivity (Wildman–Crippen MR) is 125 cm³/mol. The normalized spacial score (nSPS) is 10.6. The van der Waals surface area contributed by atoms with Crippen molar-refractivity contribution < 1.29 is 9.47 Å². The lowest BCUT2D eigenvalue weighted by molar-refractivity contribution is 0.282. The third-order valence-corrected chi connectivity index (χ3v) is 5.67. The molecule has 3 aromatic carbocycles. The van der Waals surface area contributed by atoms with Crippen LogP contribution in [0.5, 0.6) is 11.5 Å². The van der Waals surface area contributed by atoms with Gasteiger partial charge < -0.3 is 14.8 Å². The van der Waals surface area contributed by atoms with Gasteiger partial charge in [-0.25, -0.2) is 0 Å². The minimum atomic E-state index is 0.423. The Morgan fingerprint density at radius 1 is 1.00 bits per heavy atom. The number of benzene rings is 3. The van der Waals surface area contributed by atoms with Crippen molar-refractivity contribution in [2.75, 3.05) is 12.4 Å². The van der Waals surface area contributed by atoms with Crippen LogP contribution in [0.3, 0.4) is 0 Å². The van der Waals surface area contributed by atoms with Crippen LogP contribution in [0.1, 0.15) is 16.7 Å². The summed E-state index contributed by atoms with van der Waals surface area (Å²) in [6.07, 6.45) is 0. The SMILES string of the molecule is COc1cc(CNc2ccc(C)c(Cl)c2)cc(I)c1OCc1cccc(Cl)c1. The molecular weight excluding hydrogens is 508 g/mol. The second-order valence-electron chi connectivity index (χ2n) is 6.35. The molecule has 0 saturated heterocycles. The number of ether oxygens (including phenoxy) is 2. The van der Waals surface area contributed by atoms with Gasteiger partial charge in [0.15, 0.2) is 11.5 Å². The molecule has 0 saturated carbocycles. The summed E-state index contributed by atoms with van der Waals surface area (Å²) in [5.74, 6) is 1.43. The van der Waals surface area contributed by atoms with Crippen LogP contribution in [-0.2, 0) is 13.2 Å². The fourth-order valence-electron chi connectivity index (χ4n) is 2.70. The second kappa shape index (κ2) is 9.72. The molecule has 0 unspecified atom stereocenters. The van der Waals surface area contributed by atoms with Gasteiger partial charge in [0, 0.05) is 22.3 Å². The Balaban J connectivity index is 1.72. The summed E-state index contributed by atoms with van der Waals surface area (Å²) in [6.45, 7) is 3.06. The highest BCUT2D eigenvalue weighted by molar-refractivity contribution is 14.1. The lowest BCUT2D eigenvalue weighted by atomic mass is 10.1. The van der Waals surface area contributed by atoms with E-state index in [0.717, 1.165) is 36.7 Å². The first kappa shape index (κ1) is 21.1. The maximum Gasteiger partial charge on any atom is 0.174 e. The Kier molecular flexibility index (Phi) is 7.32. The van der Waals surface area contributed by atoms with Gasteiger partial charge in [0.1, 0.15) is 6.61 Å². The molecule has 28 heavy (non-hydrogen) atoms. The molecule has 3 nitrogen and oxygen atoms in total. The van der Waals surface area contributed by atoms with E-state index in [1.807, 2.05) is 55.5 Å². The van der Waals surface area contributed by atoms with Crippen molar-refractivity contribution in [2.24, 2.45) is 0 Å². The van der Waals surface area contributed by atoms with E-state index in [0.29, 0.717) is 23.9 Å². The first-order valence-corrected chi connectivity index (χ1v) is 10.5. The molecule has 0 atom stereocenters. The Morgan fingerprint density at radius 3 is 2.54 bits per heavy atom. The zero-order chi connectivity index (χ0) is 20.1. The van der Waals surface area contributed by atoms with Gasteiger partial charge in [-0.3, -0.25) is 0 Å². The number of nitrogens with one attached hydrogen (secondary N) is 1. The van der Waals surface area contributed by atoms with E-state index in [4.69, 9.17) is 32.7 Å². The summed E-state index contributed by atoms with van der Waals surface area (Å²) < 4.78 is 12.6. The van der Waals surface area contributed by atoms with Gasteiger partial charge in [-0.15, -0.1) is 0 Å². The van der Waals surface area contributed by atoms with Crippen molar-refractivity contribution in [1.29, 1.82) is 0 Å². The summed E-state index contributed by atoms with van der Waals surface area (Å²) in [5, 5.41) is 4.84. The number of hydrogen-bond donors (Lipinski definition) is 1. The van der Waals surface area contributed by atoms with Crippen LogP contribution in [0.2, 0.25) is 10.0 Å². The van der Waals surface area contributed by atoms with Gasteiger partial charge in [-0.2, -0.15) is 0 Å². The molecule has 3 rings (SSSR count). The van der Waals surface area contributed by atoms with Crippen LogP contribution in [-0.4, -0.2) is 7.11 Å². The van der Waals surface area contributed by atoms with Crippen LogP contribution in [0.25, 0.3) is 0 Å². The average molecular weight is 528 g/mol. The molecule has 0 spiro atoms. The highest BCUT2D eigenvalue weighted by Crippen LogP contribution is 2.35. The van der Waals surface area contributed by atoms with Crippen molar-refractivity contribution in [3.05, 3.63) is 84.9 Å². The van der Waals surface area contributed by atoms with Crippen LogP contribution in [0, 0.1) is 10.5 Å². The molecule has 0 aliphatic carbocycles. The lowest BCUT2D eigenvalue weighted by Crippen LogP contribution is -2.04. The number of methoxy groups -OCH3 is 1. The summed E-state index contributed by atoms with van der Waals surface area (Å²) in [7, 11) is 1.65. The summed E-state index contributed by atoms with van der Waals surface area (Å²) >= 11 is 14.5. The van der Waals surface area contributed by atoms with Crippen molar-refractivity contribution >= 4 is 51.5 Å². The Labute approximate surface area is 189 Å². The lowest BCUT2D eigenvalue weighted by Gasteiger charge is -2.15. The third-order valence-electron chi connectivity index (χ3n) is 4.23. The number of anilines is 1. The zero-order valence-corrected chi connectivity index (χ0v) is 19.2. The molecule has 146 valence electrons. The molecule has 3 aromatic rings. The van der Waals surface area contributed by atoms with E-state index in [1.54, 1.807) is 7.11 Å². The topological polar surface area (TPSA) is 30.5 Å². The highest BCUT2D eigenvalue weighted by atomic mass is 127. The molecule has 0 aliphatic rings. The molecule has 0 aromatic heterocycles. The highest BCUT2D eigenvalue weighted by Gasteiger charge is 2.12. The number of halogens is 3. The number of hydrogen-bond acceptors (Lipinski definition) is 3. The van der Waals surface area contributed by atoms with Crippen molar-refractivity contribution in [1.82, 2.24) is 0 Å². The van der Waals surface area contributed by atoms with Gasteiger partial charge in [0.25, 0.3) is 0 Å². The van der Waals surface area contributed by atoms with Crippen LogP contribution in [0.4, 0.5) is 5.69 Å². The molecule has 0 aliphatic heterocycles. The first-order valence-electron chi connectivity index (χ1n) is 8.70. The van der Waals surface area contributed by atoms with E-state index in [9.17, 15) is 0 Å². The maximum absolute atomic E-state index is 6.20. The van der Waals surface area contributed by atoms with Crippen molar-refractivity contribution in [3.63, 3.8) is 0 Å². The second-order valence-corrected chi connectivity index (χ2v) is 8.35. The molecule has 1 N–H and O–H groups in total. The van der Waals surface area contributed by atoms with Crippen molar-refractivity contribution in [3.8, 4) is 11.5 Å². The van der Waals surface area contributed by atoms with Crippen molar-refractivity contribution in [2.45, 2.75) is 20.1 Å². The Hall–Kier alpha value is -1.63. The van der Waals surface area contributed by atoms with Gasteiger partial charge in [-0.05, 0) is 82.6 Å². The quantitative estimate of drug-likeness (QED) is 0.332. The zero-order valence-electron chi connectivity index (χ0n) is 15.6. The van der Waals surface area contributed by atoms with Gasteiger partial charge in [0.2, 0.25) is 0 Å². The third kappa shape index (κ3) is 5.46. The molecule has 0 fully saturated rings. The fourth-order valence-corrected chi connectivity index (χ4v) is 3.92. The maximum atomic E-state index is 6.20. The average Bonchev–Trinajstić information content (AvgIpc) is 2.67. The summed E-state index contributed by atoms with van der Waals surface area (Å²) in [4.78, 5) is 0. The molecule has 0 amide bonds. The van der Waals surface area contributed by atoms with Crippen LogP contribution in [0.15, 0.2) is 54.6 Å². The van der Waals surface area contributed by atoms with E-state index >= 15 is 0 Å². The van der Waals surface area contributed by atoms with E-state index in [2.05, 4.69) is 34.0 Å². The number of aryl methyl sites for hydroxylation is 1. The van der Waals surface area contributed by atoms with E-state index in [1.165, 1.54) is 0 Å². The minimum absolute atomic E-state index is 0.423. The fraction of sp³-hybridized carbons (Fsp3) is 0.182. The van der Waals surface area contributed by atoms with E-state index in [-0.39, 0.29) is 0 Å².